The Kier molecular flexibility index (Phi) is 7.53. The van der Waals surface area contributed by atoms with E-state index in [-0.39, 0.29) is 6.04 Å². The Balaban J connectivity index is 1.97. The van der Waals surface area contributed by atoms with Crippen LogP contribution in [-0.4, -0.2) is 20.2 Å². The van der Waals surface area contributed by atoms with Crippen molar-refractivity contribution in [3.05, 3.63) is 144 Å². The lowest BCUT2D eigenvalue weighted by Crippen LogP contribution is -2.56. The first kappa shape index (κ1) is 23.4. The van der Waals surface area contributed by atoms with Crippen LogP contribution in [0.3, 0.4) is 0 Å². The first-order valence-electron chi connectivity index (χ1n) is 11.3. The highest BCUT2D eigenvalue weighted by Crippen LogP contribution is 2.42. The van der Waals surface area contributed by atoms with Gasteiger partial charge < -0.3 is 9.47 Å². The molecule has 4 aromatic carbocycles. The highest BCUT2D eigenvalue weighted by Gasteiger charge is 2.51. The van der Waals surface area contributed by atoms with E-state index in [9.17, 15) is 4.79 Å². The van der Waals surface area contributed by atoms with Crippen LogP contribution in [0.4, 0.5) is 0 Å². The molecule has 2 unspecified atom stereocenters. The van der Waals surface area contributed by atoms with Crippen molar-refractivity contribution >= 4 is 5.97 Å². The molecule has 0 spiro atoms. The van der Waals surface area contributed by atoms with Crippen LogP contribution >= 0.6 is 0 Å². The van der Waals surface area contributed by atoms with Gasteiger partial charge in [0.15, 0.2) is 5.54 Å². The Bertz CT molecular complexity index is 1130. The monoisotopic (exact) mass is 451 g/mol. The lowest BCUT2D eigenvalue weighted by Gasteiger charge is -2.41. The van der Waals surface area contributed by atoms with Crippen molar-refractivity contribution in [2.45, 2.75) is 17.7 Å². The molecule has 4 rings (SSSR count). The van der Waals surface area contributed by atoms with Crippen LogP contribution in [0.5, 0.6) is 0 Å². The van der Waals surface area contributed by atoms with Gasteiger partial charge in [0.2, 0.25) is 0 Å². The van der Waals surface area contributed by atoms with Gasteiger partial charge in [-0.15, -0.1) is 0 Å². The molecule has 172 valence electrons. The van der Waals surface area contributed by atoms with E-state index in [0.29, 0.717) is 0 Å². The molecule has 0 fully saturated rings. The lowest BCUT2D eigenvalue weighted by atomic mass is 9.79. The summed E-state index contributed by atoms with van der Waals surface area (Å²) in [6, 6.07) is 39.3. The number of benzene rings is 4. The van der Waals surface area contributed by atoms with E-state index in [4.69, 9.17) is 9.47 Å². The van der Waals surface area contributed by atoms with Gasteiger partial charge in [0.05, 0.1) is 13.2 Å². The number of hydrogen-bond acceptors (Lipinski definition) is 4. The van der Waals surface area contributed by atoms with Gasteiger partial charge in [0.25, 0.3) is 0 Å². The first-order chi connectivity index (χ1) is 16.7. The van der Waals surface area contributed by atoms with E-state index in [1.807, 2.05) is 97.1 Å². The molecule has 0 heterocycles. The van der Waals surface area contributed by atoms with Gasteiger partial charge in [0.1, 0.15) is 6.10 Å². The van der Waals surface area contributed by atoms with Gasteiger partial charge in [-0.2, -0.15) is 0 Å². The summed E-state index contributed by atoms with van der Waals surface area (Å²) in [5, 5.41) is 3.72. The highest BCUT2D eigenvalue weighted by molar-refractivity contribution is 5.84. The zero-order valence-corrected chi connectivity index (χ0v) is 19.4. The van der Waals surface area contributed by atoms with Crippen LogP contribution in [0.2, 0.25) is 0 Å². The molecule has 2 atom stereocenters. The number of carbonyl (C=O) groups excluding carboxylic acids is 1. The number of hydrogen-bond donors (Lipinski definition) is 1. The van der Waals surface area contributed by atoms with Crippen molar-refractivity contribution in [1.29, 1.82) is 0 Å². The molecule has 0 aliphatic heterocycles. The van der Waals surface area contributed by atoms with E-state index in [0.717, 1.165) is 22.3 Å². The topological polar surface area (TPSA) is 47.6 Å². The molecule has 0 amide bonds. The SMILES string of the molecule is COC(=O)C(NC(c1ccccc1)c1ccccc1)(c1ccccc1)C(OC)c1ccccc1. The van der Waals surface area contributed by atoms with Gasteiger partial charge in [-0.1, -0.05) is 121 Å². The van der Waals surface area contributed by atoms with Crippen LogP contribution in [-0.2, 0) is 19.8 Å². The van der Waals surface area contributed by atoms with Crippen LogP contribution in [0.25, 0.3) is 0 Å². The van der Waals surface area contributed by atoms with Crippen molar-refractivity contribution in [2.24, 2.45) is 0 Å². The standard InChI is InChI=1S/C30H29NO3/c1-33-28(25-19-11-5-12-20-25)30(29(32)34-2,26-21-13-6-14-22-26)31-27(23-15-7-3-8-16-23)24-17-9-4-10-18-24/h3-22,27-28,31H,1-2H3. The fraction of sp³-hybridized carbons (Fsp3) is 0.167. The van der Waals surface area contributed by atoms with Crippen molar-refractivity contribution < 1.29 is 14.3 Å². The summed E-state index contributed by atoms with van der Waals surface area (Å²) in [7, 11) is 3.04. The average molecular weight is 452 g/mol. The third-order valence-electron chi connectivity index (χ3n) is 6.11. The minimum absolute atomic E-state index is 0.303. The second kappa shape index (κ2) is 10.9. The van der Waals surface area contributed by atoms with Gasteiger partial charge in [-0.3, -0.25) is 5.32 Å². The molecule has 0 saturated heterocycles. The van der Waals surface area contributed by atoms with Crippen molar-refractivity contribution in [1.82, 2.24) is 5.32 Å². The molecule has 4 heteroatoms. The summed E-state index contributed by atoms with van der Waals surface area (Å²) in [6.45, 7) is 0. The maximum atomic E-state index is 13.8. The normalized spacial score (nSPS) is 13.7. The molecule has 1 N–H and O–H groups in total. The molecule has 0 aliphatic rings. The summed E-state index contributed by atoms with van der Waals surface area (Å²) in [4.78, 5) is 13.8. The number of methoxy groups -OCH3 is 2. The summed E-state index contributed by atoms with van der Waals surface area (Å²) in [5.41, 5.74) is 2.35. The number of esters is 1. The third-order valence-corrected chi connectivity index (χ3v) is 6.11. The predicted molar refractivity (Wildman–Crippen MR) is 134 cm³/mol. The molecule has 0 aliphatic carbocycles. The van der Waals surface area contributed by atoms with Crippen LogP contribution < -0.4 is 5.32 Å². The van der Waals surface area contributed by atoms with Crippen LogP contribution in [0.15, 0.2) is 121 Å². The van der Waals surface area contributed by atoms with E-state index >= 15 is 0 Å². The van der Waals surface area contributed by atoms with Crippen LogP contribution in [0, 0.1) is 0 Å². The number of ether oxygens (including phenoxy) is 2. The number of carbonyl (C=O) groups is 1. The van der Waals surface area contributed by atoms with E-state index < -0.39 is 17.6 Å². The van der Waals surface area contributed by atoms with Crippen molar-refractivity contribution in [3.63, 3.8) is 0 Å². The molecule has 0 aromatic heterocycles. The third kappa shape index (κ3) is 4.65. The number of rotatable bonds is 9. The molecule has 34 heavy (non-hydrogen) atoms. The number of nitrogens with one attached hydrogen (secondary N) is 1. The minimum atomic E-state index is -1.33. The van der Waals surface area contributed by atoms with Crippen molar-refractivity contribution in [3.8, 4) is 0 Å². The van der Waals surface area contributed by atoms with E-state index in [2.05, 4.69) is 29.6 Å². The molecule has 4 nitrogen and oxygen atoms in total. The van der Waals surface area contributed by atoms with Gasteiger partial charge in [-0.25, -0.2) is 4.79 Å². The largest absolute Gasteiger partial charge is 0.467 e. The Morgan fingerprint density at radius 2 is 1.06 bits per heavy atom. The molecular formula is C30H29NO3. The Hall–Kier alpha value is -3.73. The van der Waals surface area contributed by atoms with Gasteiger partial charge in [-0.05, 0) is 22.3 Å². The van der Waals surface area contributed by atoms with E-state index in [1.165, 1.54) is 7.11 Å². The fourth-order valence-electron chi connectivity index (χ4n) is 4.52. The molecule has 0 radical (unpaired) electrons. The molecule has 0 bridgehead atoms. The van der Waals surface area contributed by atoms with Crippen molar-refractivity contribution in [2.75, 3.05) is 14.2 Å². The van der Waals surface area contributed by atoms with Gasteiger partial charge in [0, 0.05) is 7.11 Å². The Labute approximate surface area is 201 Å². The summed E-state index contributed by atoms with van der Waals surface area (Å²) >= 11 is 0. The Morgan fingerprint density at radius 3 is 1.47 bits per heavy atom. The predicted octanol–water partition coefficient (Wildman–Crippen LogP) is 5.82. The highest BCUT2D eigenvalue weighted by atomic mass is 16.5. The maximum absolute atomic E-state index is 13.8. The maximum Gasteiger partial charge on any atom is 0.333 e. The fourth-order valence-corrected chi connectivity index (χ4v) is 4.52. The second-order valence-corrected chi connectivity index (χ2v) is 8.09. The lowest BCUT2D eigenvalue weighted by molar-refractivity contribution is -0.157. The summed E-state index contributed by atoms with van der Waals surface area (Å²) in [5.74, 6) is -0.425. The molecular weight excluding hydrogens is 422 g/mol. The molecule has 4 aromatic rings. The quantitative estimate of drug-likeness (QED) is 0.326. The summed E-state index contributed by atoms with van der Waals surface area (Å²) < 4.78 is 11.6. The van der Waals surface area contributed by atoms with E-state index in [1.54, 1.807) is 7.11 Å². The molecule has 0 saturated carbocycles. The minimum Gasteiger partial charge on any atom is -0.467 e. The first-order valence-corrected chi connectivity index (χ1v) is 11.3. The zero-order chi connectivity index (χ0) is 23.8. The Morgan fingerprint density at radius 1 is 0.647 bits per heavy atom. The zero-order valence-electron chi connectivity index (χ0n) is 19.4. The summed E-state index contributed by atoms with van der Waals surface area (Å²) in [6.07, 6.45) is -0.654. The second-order valence-electron chi connectivity index (χ2n) is 8.09. The smallest absolute Gasteiger partial charge is 0.333 e. The average Bonchev–Trinajstić information content (AvgIpc) is 2.92. The van der Waals surface area contributed by atoms with Gasteiger partial charge >= 0.3 is 5.97 Å². The van der Waals surface area contributed by atoms with Crippen LogP contribution in [0.1, 0.15) is 34.4 Å².